The SMILES string of the molecule is Fc1cccc2c1c1ccccc1n2-c1ccccc1-c1ccc(N(c2ccc(-c3ccccc3)cc2)c2ccc(-c3cccc4c3oc3ccccc34)cc2)cc1. The van der Waals surface area contributed by atoms with E-state index in [9.17, 15) is 0 Å². The summed E-state index contributed by atoms with van der Waals surface area (Å²) >= 11 is 0. The van der Waals surface area contributed by atoms with Crippen molar-refractivity contribution in [1.82, 2.24) is 4.57 Å². The van der Waals surface area contributed by atoms with Crippen LogP contribution >= 0.6 is 0 Å². The van der Waals surface area contributed by atoms with Gasteiger partial charge in [-0.25, -0.2) is 4.39 Å². The molecule has 0 aliphatic carbocycles. The Morgan fingerprint density at radius 3 is 1.64 bits per heavy atom. The number of benzene rings is 9. The molecule has 58 heavy (non-hydrogen) atoms. The maximum Gasteiger partial charge on any atom is 0.143 e. The highest BCUT2D eigenvalue weighted by molar-refractivity contribution is 6.11. The Hall–Kier alpha value is -7.69. The molecule has 4 heteroatoms. The summed E-state index contributed by atoms with van der Waals surface area (Å²) in [4.78, 5) is 2.30. The van der Waals surface area contributed by atoms with E-state index in [0.29, 0.717) is 5.39 Å². The smallest absolute Gasteiger partial charge is 0.143 e. The minimum Gasteiger partial charge on any atom is -0.455 e. The second kappa shape index (κ2) is 13.8. The van der Waals surface area contributed by atoms with Crippen LogP contribution in [0.15, 0.2) is 217 Å². The van der Waals surface area contributed by atoms with Crippen LogP contribution in [0.4, 0.5) is 21.5 Å². The van der Waals surface area contributed by atoms with Crippen molar-refractivity contribution >= 4 is 60.8 Å². The maximum atomic E-state index is 15.4. The number of anilines is 3. The standard InChI is InChI=1S/C54H35FN2O/c55-48-19-11-22-51-53(48)47-16-5-8-21-50(47)57(51)49-20-7-4-14-43(49)38-26-32-41(33-27-38)56(40-30-24-37(25-31-40)36-12-2-1-3-13-36)42-34-28-39(29-35-42)44-17-10-18-46-45-15-6-9-23-52(45)58-54(44)46/h1-35H. The first-order valence-electron chi connectivity index (χ1n) is 19.5. The monoisotopic (exact) mass is 746 g/mol. The number of para-hydroxylation sites is 4. The van der Waals surface area contributed by atoms with Gasteiger partial charge in [0.15, 0.2) is 0 Å². The molecule has 0 fully saturated rings. The average molecular weight is 747 g/mol. The van der Waals surface area contributed by atoms with E-state index in [1.165, 1.54) is 5.56 Å². The van der Waals surface area contributed by atoms with E-state index in [4.69, 9.17) is 4.42 Å². The number of furan rings is 1. The van der Waals surface area contributed by atoms with E-state index in [0.717, 1.165) is 88.9 Å². The molecular weight excluding hydrogens is 712 g/mol. The van der Waals surface area contributed by atoms with E-state index in [1.54, 1.807) is 12.1 Å². The van der Waals surface area contributed by atoms with Crippen LogP contribution in [-0.4, -0.2) is 4.57 Å². The number of hydrogen-bond acceptors (Lipinski definition) is 2. The topological polar surface area (TPSA) is 21.3 Å². The van der Waals surface area contributed by atoms with Crippen molar-refractivity contribution in [2.24, 2.45) is 0 Å². The molecule has 2 heterocycles. The molecule has 0 saturated carbocycles. The predicted octanol–water partition coefficient (Wildman–Crippen LogP) is 15.3. The molecule has 0 aliphatic rings. The van der Waals surface area contributed by atoms with Crippen molar-refractivity contribution in [2.45, 2.75) is 0 Å². The van der Waals surface area contributed by atoms with Crippen LogP contribution in [0.3, 0.4) is 0 Å². The summed E-state index contributed by atoms with van der Waals surface area (Å²) in [6.45, 7) is 0. The Morgan fingerprint density at radius 1 is 0.379 bits per heavy atom. The quantitative estimate of drug-likeness (QED) is 0.162. The van der Waals surface area contributed by atoms with Gasteiger partial charge >= 0.3 is 0 Å². The lowest BCUT2D eigenvalue weighted by molar-refractivity contribution is 0.640. The van der Waals surface area contributed by atoms with Crippen LogP contribution in [-0.2, 0) is 0 Å². The van der Waals surface area contributed by atoms with Crippen LogP contribution < -0.4 is 4.90 Å². The summed E-state index contributed by atoms with van der Waals surface area (Å²) in [6, 6.07) is 73.0. The molecule has 11 aromatic rings. The fourth-order valence-electron chi connectivity index (χ4n) is 8.58. The van der Waals surface area contributed by atoms with E-state index in [2.05, 4.69) is 161 Å². The zero-order chi connectivity index (χ0) is 38.6. The lowest BCUT2D eigenvalue weighted by Crippen LogP contribution is -2.09. The lowest BCUT2D eigenvalue weighted by Gasteiger charge is -2.26. The van der Waals surface area contributed by atoms with Crippen molar-refractivity contribution < 1.29 is 8.81 Å². The Kier molecular flexibility index (Phi) is 8.00. The Bertz CT molecular complexity index is 3270. The molecule has 0 spiro atoms. The van der Waals surface area contributed by atoms with E-state index in [1.807, 2.05) is 48.5 Å². The van der Waals surface area contributed by atoms with Crippen LogP contribution in [0.2, 0.25) is 0 Å². The van der Waals surface area contributed by atoms with Gasteiger partial charge in [0, 0.05) is 49.7 Å². The van der Waals surface area contributed by atoms with Crippen LogP contribution in [0, 0.1) is 5.82 Å². The average Bonchev–Trinajstić information content (AvgIpc) is 3.84. The number of hydrogen-bond donors (Lipinski definition) is 0. The first-order chi connectivity index (χ1) is 28.7. The van der Waals surface area contributed by atoms with Crippen molar-refractivity contribution in [1.29, 1.82) is 0 Å². The van der Waals surface area contributed by atoms with E-state index in [-0.39, 0.29) is 5.82 Å². The number of aromatic nitrogens is 1. The largest absolute Gasteiger partial charge is 0.455 e. The van der Waals surface area contributed by atoms with Gasteiger partial charge in [0.1, 0.15) is 17.0 Å². The lowest BCUT2D eigenvalue weighted by atomic mass is 10.0. The molecule has 9 aromatic carbocycles. The number of fused-ring (bicyclic) bond motifs is 6. The first-order valence-corrected chi connectivity index (χ1v) is 19.5. The van der Waals surface area contributed by atoms with Crippen LogP contribution in [0.25, 0.3) is 82.8 Å². The zero-order valence-electron chi connectivity index (χ0n) is 31.4. The highest BCUT2D eigenvalue weighted by atomic mass is 19.1. The second-order valence-electron chi connectivity index (χ2n) is 14.6. The fourth-order valence-corrected chi connectivity index (χ4v) is 8.58. The maximum absolute atomic E-state index is 15.4. The van der Waals surface area contributed by atoms with Crippen molar-refractivity contribution in [3.05, 3.63) is 218 Å². The summed E-state index contributed by atoms with van der Waals surface area (Å²) in [5, 5.41) is 3.77. The van der Waals surface area contributed by atoms with E-state index < -0.39 is 0 Å². The van der Waals surface area contributed by atoms with Gasteiger partial charge in [-0.3, -0.25) is 0 Å². The minimum atomic E-state index is -0.217. The first kappa shape index (κ1) is 33.6. The third kappa shape index (κ3) is 5.57. The molecule has 3 nitrogen and oxygen atoms in total. The number of nitrogens with zero attached hydrogens (tertiary/aromatic N) is 2. The Labute approximate surface area is 335 Å². The Morgan fingerprint density at radius 2 is 0.897 bits per heavy atom. The summed E-state index contributed by atoms with van der Waals surface area (Å²) in [7, 11) is 0. The second-order valence-corrected chi connectivity index (χ2v) is 14.6. The molecule has 0 radical (unpaired) electrons. The van der Waals surface area contributed by atoms with E-state index >= 15 is 4.39 Å². The normalized spacial score (nSPS) is 11.5. The van der Waals surface area contributed by atoms with Crippen LogP contribution in [0.1, 0.15) is 0 Å². The molecule has 2 aromatic heterocycles. The summed E-state index contributed by atoms with van der Waals surface area (Å²) in [5.41, 5.74) is 14.3. The van der Waals surface area contributed by atoms with Crippen molar-refractivity contribution in [2.75, 3.05) is 4.90 Å². The third-order valence-corrected chi connectivity index (χ3v) is 11.3. The van der Waals surface area contributed by atoms with Crippen LogP contribution in [0.5, 0.6) is 0 Å². The summed E-state index contributed by atoms with van der Waals surface area (Å²) < 4.78 is 24.0. The molecule has 0 aliphatic heterocycles. The molecule has 0 unspecified atom stereocenters. The zero-order valence-corrected chi connectivity index (χ0v) is 31.4. The fraction of sp³-hybridized carbons (Fsp3) is 0. The molecule has 0 bridgehead atoms. The van der Waals surface area contributed by atoms with Gasteiger partial charge in [-0.1, -0.05) is 146 Å². The Balaban J connectivity index is 1.01. The van der Waals surface area contributed by atoms with Crippen molar-refractivity contribution in [3.63, 3.8) is 0 Å². The molecule has 274 valence electrons. The molecule has 0 saturated heterocycles. The van der Waals surface area contributed by atoms with Gasteiger partial charge in [0.2, 0.25) is 0 Å². The van der Waals surface area contributed by atoms with Gasteiger partial charge in [-0.05, 0) is 89.0 Å². The highest BCUT2D eigenvalue weighted by Crippen LogP contribution is 2.41. The molecular formula is C54H35FN2O. The molecule has 0 amide bonds. The number of rotatable bonds is 7. The van der Waals surface area contributed by atoms with Gasteiger partial charge < -0.3 is 13.9 Å². The summed E-state index contributed by atoms with van der Waals surface area (Å²) in [6.07, 6.45) is 0. The molecule has 0 N–H and O–H groups in total. The predicted molar refractivity (Wildman–Crippen MR) is 239 cm³/mol. The molecule has 0 atom stereocenters. The van der Waals surface area contributed by atoms with Gasteiger partial charge in [0.05, 0.1) is 16.7 Å². The summed E-state index contributed by atoms with van der Waals surface area (Å²) in [5.74, 6) is -0.217. The minimum absolute atomic E-state index is 0.217. The highest BCUT2D eigenvalue weighted by Gasteiger charge is 2.19. The van der Waals surface area contributed by atoms with Gasteiger partial charge in [0.25, 0.3) is 0 Å². The third-order valence-electron chi connectivity index (χ3n) is 11.3. The number of halogens is 1. The van der Waals surface area contributed by atoms with Gasteiger partial charge in [-0.15, -0.1) is 0 Å². The molecule has 11 rings (SSSR count). The van der Waals surface area contributed by atoms with Gasteiger partial charge in [-0.2, -0.15) is 0 Å². The van der Waals surface area contributed by atoms with Crippen molar-refractivity contribution in [3.8, 4) is 39.1 Å².